The second kappa shape index (κ2) is 4.94. The number of ether oxygens (including phenoxy) is 2. The Morgan fingerprint density at radius 3 is 2.42 bits per heavy atom. The summed E-state index contributed by atoms with van der Waals surface area (Å²) in [6.07, 6.45) is 2.94. The van der Waals surface area contributed by atoms with Crippen LogP contribution in [0.1, 0.15) is 10.4 Å². The van der Waals surface area contributed by atoms with Crippen molar-refractivity contribution in [3.63, 3.8) is 0 Å². The number of nitrogens with zero attached hydrogens (tertiary/aromatic N) is 2. The van der Waals surface area contributed by atoms with E-state index in [0.717, 1.165) is 0 Å². The zero-order valence-corrected chi connectivity index (χ0v) is 9.45. The van der Waals surface area contributed by atoms with Crippen LogP contribution in [-0.2, 0) is 0 Å². The third kappa shape index (κ3) is 2.24. The van der Waals surface area contributed by atoms with Gasteiger partial charge in [-0.15, -0.1) is 10.5 Å². The van der Waals surface area contributed by atoms with Gasteiger partial charge in [0.05, 0.1) is 0 Å². The number of carbonyl (C=O) groups is 1. The molecule has 2 aromatic carbocycles. The highest BCUT2D eigenvalue weighted by atomic mass is 16.5. The van der Waals surface area contributed by atoms with Crippen LogP contribution in [0, 0.1) is 23.0 Å². The third-order valence-corrected chi connectivity index (χ3v) is 2.49. The average Bonchev–Trinajstić information content (AvgIpc) is 2.38. The second-order valence-corrected chi connectivity index (χ2v) is 3.51. The van der Waals surface area contributed by atoms with Crippen molar-refractivity contribution >= 4 is 16.7 Å². The molecule has 0 heterocycles. The van der Waals surface area contributed by atoms with Gasteiger partial charge in [0, 0.05) is 5.39 Å². The highest BCUT2D eigenvalue weighted by Gasteiger charge is 2.16. The molecule has 0 aromatic heterocycles. The minimum atomic E-state index is -1.23. The lowest BCUT2D eigenvalue weighted by molar-refractivity contribution is 0.0696. The number of fused-ring (bicyclic) bond motifs is 1. The maximum atomic E-state index is 11.3. The molecule has 0 aliphatic heterocycles. The van der Waals surface area contributed by atoms with Crippen molar-refractivity contribution in [3.8, 4) is 24.0 Å². The molecule has 19 heavy (non-hydrogen) atoms. The number of benzene rings is 2. The Balaban J connectivity index is 2.75. The minimum absolute atomic E-state index is 0.0587. The number of rotatable bonds is 3. The Morgan fingerprint density at radius 2 is 1.79 bits per heavy atom. The predicted octanol–water partition coefficient (Wildman–Crippen LogP) is 2.26. The van der Waals surface area contributed by atoms with E-state index in [1.165, 1.54) is 24.6 Å². The van der Waals surface area contributed by atoms with Gasteiger partial charge in [-0.1, -0.05) is 12.1 Å². The molecule has 0 aliphatic rings. The molecule has 6 heteroatoms. The lowest BCUT2D eigenvalue weighted by Crippen LogP contribution is -2.01. The molecule has 0 saturated carbocycles. The highest BCUT2D eigenvalue weighted by Crippen LogP contribution is 2.30. The predicted molar refractivity (Wildman–Crippen MR) is 63.4 cm³/mol. The van der Waals surface area contributed by atoms with Crippen LogP contribution < -0.4 is 9.47 Å². The summed E-state index contributed by atoms with van der Waals surface area (Å²) in [5.74, 6) is -1.08. The number of hydrogen-bond acceptors (Lipinski definition) is 5. The van der Waals surface area contributed by atoms with Gasteiger partial charge >= 0.3 is 5.97 Å². The molecular formula is C13H6N2O4. The van der Waals surface area contributed by atoms with Crippen LogP contribution in [0.25, 0.3) is 10.8 Å². The minimum Gasteiger partial charge on any atom is -0.478 e. The molecular weight excluding hydrogens is 248 g/mol. The Hall–Kier alpha value is -3.25. The van der Waals surface area contributed by atoms with Crippen LogP contribution in [0.2, 0.25) is 0 Å². The third-order valence-electron chi connectivity index (χ3n) is 2.49. The van der Waals surface area contributed by atoms with Gasteiger partial charge in [0.2, 0.25) is 0 Å². The van der Waals surface area contributed by atoms with Crippen LogP contribution in [0.15, 0.2) is 30.3 Å². The topological polar surface area (TPSA) is 103 Å². The van der Waals surface area contributed by atoms with Gasteiger partial charge in [0.1, 0.15) is 11.3 Å². The molecule has 0 radical (unpaired) electrons. The largest absolute Gasteiger partial charge is 0.478 e. The summed E-state index contributed by atoms with van der Waals surface area (Å²) in [7, 11) is 0. The summed E-state index contributed by atoms with van der Waals surface area (Å²) in [4.78, 5) is 11.3. The van der Waals surface area contributed by atoms with E-state index in [1.54, 1.807) is 18.2 Å². The lowest BCUT2D eigenvalue weighted by Gasteiger charge is -2.07. The first-order valence-electron chi connectivity index (χ1n) is 5.09. The molecule has 92 valence electrons. The lowest BCUT2D eigenvalue weighted by atomic mass is 10.0. The van der Waals surface area contributed by atoms with Crippen molar-refractivity contribution in [1.29, 1.82) is 10.5 Å². The number of aromatic carboxylic acids is 1. The smallest absolute Gasteiger partial charge is 0.340 e. The average molecular weight is 254 g/mol. The Bertz CT molecular complexity index is 735. The van der Waals surface area contributed by atoms with Crippen molar-refractivity contribution in [2.45, 2.75) is 0 Å². The monoisotopic (exact) mass is 254 g/mol. The number of hydrogen-bond donors (Lipinski definition) is 1. The first-order chi connectivity index (χ1) is 9.17. The van der Waals surface area contributed by atoms with Crippen LogP contribution in [0.4, 0.5) is 0 Å². The van der Waals surface area contributed by atoms with Gasteiger partial charge in [-0.25, -0.2) is 4.79 Å². The first kappa shape index (κ1) is 12.2. The van der Waals surface area contributed by atoms with Crippen LogP contribution in [-0.4, -0.2) is 11.1 Å². The van der Waals surface area contributed by atoms with Crippen molar-refractivity contribution in [2.24, 2.45) is 0 Å². The van der Waals surface area contributed by atoms with Crippen molar-refractivity contribution < 1.29 is 19.4 Å². The molecule has 0 amide bonds. The van der Waals surface area contributed by atoms with Gasteiger partial charge < -0.3 is 14.6 Å². The van der Waals surface area contributed by atoms with E-state index in [4.69, 9.17) is 10.5 Å². The van der Waals surface area contributed by atoms with Gasteiger partial charge in [0.25, 0.3) is 12.5 Å². The van der Waals surface area contributed by atoms with E-state index in [0.29, 0.717) is 10.8 Å². The van der Waals surface area contributed by atoms with Crippen molar-refractivity contribution in [1.82, 2.24) is 0 Å². The normalized spacial score (nSPS) is 9.37. The molecule has 2 rings (SSSR count). The van der Waals surface area contributed by atoms with Gasteiger partial charge in [-0.05, 0) is 23.6 Å². The number of nitriles is 2. The first-order valence-corrected chi connectivity index (χ1v) is 5.09. The van der Waals surface area contributed by atoms with Gasteiger partial charge in [0.15, 0.2) is 5.75 Å². The quantitative estimate of drug-likeness (QED) is 0.842. The molecule has 1 N–H and O–H groups in total. The SMILES string of the molecule is N#COc1ccc2ccc(OC#N)c(C(=O)O)c2c1. The van der Waals surface area contributed by atoms with Crippen LogP contribution >= 0.6 is 0 Å². The zero-order chi connectivity index (χ0) is 13.8. The molecule has 6 nitrogen and oxygen atoms in total. The fourth-order valence-electron chi connectivity index (χ4n) is 1.75. The number of carboxylic acid groups (broad SMARTS) is 1. The molecule has 2 aromatic rings. The molecule has 0 spiro atoms. The van der Waals surface area contributed by atoms with E-state index in [9.17, 15) is 9.90 Å². The van der Waals surface area contributed by atoms with Gasteiger partial charge in [-0.2, -0.15) is 0 Å². The summed E-state index contributed by atoms with van der Waals surface area (Å²) in [5.41, 5.74) is -0.151. The van der Waals surface area contributed by atoms with Crippen LogP contribution in [0.3, 0.4) is 0 Å². The Kier molecular flexibility index (Phi) is 3.18. The van der Waals surface area contributed by atoms with Crippen LogP contribution in [0.5, 0.6) is 11.5 Å². The summed E-state index contributed by atoms with van der Waals surface area (Å²) >= 11 is 0. The van der Waals surface area contributed by atoms with Crippen molar-refractivity contribution in [3.05, 3.63) is 35.9 Å². The van der Waals surface area contributed by atoms with E-state index in [2.05, 4.69) is 9.47 Å². The zero-order valence-electron chi connectivity index (χ0n) is 9.45. The van der Waals surface area contributed by atoms with E-state index in [1.807, 2.05) is 0 Å². The summed E-state index contributed by atoms with van der Waals surface area (Å²) in [6, 6.07) is 7.59. The second-order valence-electron chi connectivity index (χ2n) is 3.51. The summed E-state index contributed by atoms with van der Waals surface area (Å²) < 4.78 is 9.28. The fourth-order valence-corrected chi connectivity index (χ4v) is 1.75. The highest BCUT2D eigenvalue weighted by molar-refractivity contribution is 6.06. The summed E-state index contributed by atoms with van der Waals surface area (Å²) in [6.45, 7) is 0. The van der Waals surface area contributed by atoms with E-state index < -0.39 is 5.97 Å². The molecule has 0 fully saturated rings. The number of carboxylic acids is 1. The Morgan fingerprint density at radius 1 is 1.11 bits per heavy atom. The van der Waals surface area contributed by atoms with Crippen molar-refractivity contribution in [2.75, 3.05) is 0 Å². The standard InChI is InChI=1S/C13H6N2O4/c14-6-18-9-3-1-8-2-4-11(19-7-15)12(13(16)17)10(8)5-9/h1-5H,(H,16,17). The summed E-state index contributed by atoms with van der Waals surface area (Å²) in [5, 5.41) is 27.1. The molecule has 0 bridgehead atoms. The van der Waals surface area contributed by atoms with E-state index >= 15 is 0 Å². The fraction of sp³-hybridized carbons (Fsp3) is 0. The van der Waals surface area contributed by atoms with E-state index in [-0.39, 0.29) is 17.1 Å². The molecule has 0 saturated heterocycles. The molecule has 0 unspecified atom stereocenters. The molecule has 0 atom stereocenters. The maximum Gasteiger partial charge on any atom is 0.340 e. The maximum absolute atomic E-state index is 11.3. The Labute approximate surface area is 107 Å². The molecule has 0 aliphatic carbocycles. The van der Waals surface area contributed by atoms with Gasteiger partial charge in [-0.3, -0.25) is 0 Å².